The number of hydrogen-bond acceptors (Lipinski definition) is 4. The fourth-order valence-electron chi connectivity index (χ4n) is 3.48. The zero-order chi connectivity index (χ0) is 20.8. The van der Waals surface area contributed by atoms with Crippen LogP contribution in [-0.2, 0) is 11.2 Å². The smallest absolute Gasteiger partial charge is 0.266 e. The number of benzene rings is 1. The number of H-pyrrole nitrogens is 1. The summed E-state index contributed by atoms with van der Waals surface area (Å²) < 4.78 is 0. The average Bonchev–Trinajstić information content (AvgIpc) is 2.68. The number of nitrogens with one attached hydrogen (secondary N) is 1. The number of pyridine rings is 1. The number of aromatic amines is 1. The molecule has 1 amide bonds. The Morgan fingerprint density at radius 1 is 1.18 bits per heavy atom. The van der Waals surface area contributed by atoms with Gasteiger partial charge in [0, 0.05) is 18.7 Å². The van der Waals surface area contributed by atoms with E-state index < -0.39 is 5.56 Å². The predicted molar refractivity (Wildman–Crippen MR) is 107 cm³/mol. The van der Waals surface area contributed by atoms with Gasteiger partial charge in [-0.25, -0.2) is 0 Å². The van der Waals surface area contributed by atoms with Crippen molar-refractivity contribution in [2.75, 3.05) is 6.54 Å². The molecule has 1 aromatic heterocycles. The van der Waals surface area contributed by atoms with Crippen LogP contribution < -0.4 is 5.56 Å². The number of rotatable bonds is 6. The van der Waals surface area contributed by atoms with Crippen molar-refractivity contribution in [3.8, 4) is 12.1 Å². The van der Waals surface area contributed by atoms with Gasteiger partial charge in [0.2, 0.25) is 5.91 Å². The molecule has 0 saturated carbocycles. The minimum atomic E-state index is -0.391. The van der Waals surface area contributed by atoms with Gasteiger partial charge in [0.15, 0.2) is 0 Å². The largest absolute Gasteiger partial charge is 0.336 e. The van der Waals surface area contributed by atoms with Crippen LogP contribution in [0.25, 0.3) is 0 Å². The van der Waals surface area contributed by atoms with Crippen molar-refractivity contribution in [2.24, 2.45) is 0 Å². The first kappa shape index (κ1) is 20.9. The molecule has 6 nitrogen and oxygen atoms in total. The quantitative estimate of drug-likeness (QED) is 0.836. The summed E-state index contributed by atoms with van der Waals surface area (Å²) in [5.74, 6) is 0.00265. The van der Waals surface area contributed by atoms with Crippen LogP contribution in [-0.4, -0.2) is 22.3 Å². The number of amides is 1. The second kappa shape index (κ2) is 9.01. The van der Waals surface area contributed by atoms with E-state index in [2.05, 4.69) is 11.1 Å². The molecule has 1 unspecified atom stereocenters. The SMILES string of the molecule is CCN(C(=O)CCc1c(C)[nH]c(=O)c(C#N)c1C)C(C)c1ccc(C#N)cc1. The summed E-state index contributed by atoms with van der Waals surface area (Å²) >= 11 is 0. The van der Waals surface area contributed by atoms with Crippen LogP contribution in [0.5, 0.6) is 0 Å². The summed E-state index contributed by atoms with van der Waals surface area (Å²) in [5.41, 5.74) is 3.44. The molecule has 2 aromatic rings. The van der Waals surface area contributed by atoms with Gasteiger partial charge in [-0.05, 0) is 62.9 Å². The molecule has 0 saturated heterocycles. The lowest BCUT2D eigenvalue weighted by molar-refractivity contribution is -0.133. The van der Waals surface area contributed by atoms with E-state index in [0.717, 1.165) is 11.1 Å². The molecule has 1 N–H and O–H groups in total. The minimum Gasteiger partial charge on any atom is -0.336 e. The number of aromatic nitrogens is 1. The number of carbonyl (C=O) groups excluding carboxylic acids is 1. The summed E-state index contributed by atoms with van der Waals surface area (Å²) in [5, 5.41) is 18.1. The predicted octanol–water partition coefficient (Wildman–Crippen LogP) is 3.28. The Kier molecular flexibility index (Phi) is 6.74. The standard InChI is InChI=1S/C22H24N4O2/c1-5-26(16(4)18-8-6-17(12-23)7-9-18)21(27)11-10-19-14(2)20(13-24)22(28)25-15(19)3/h6-9,16H,5,10-11H2,1-4H3,(H,25,28). The monoisotopic (exact) mass is 376 g/mol. The van der Waals surface area contributed by atoms with Crippen LogP contribution in [0.4, 0.5) is 0 Å². The van der Waals surface area contributed by atoms with Crippen molar-refractivity contribution in [2.45, 2.75) is 46.6 Å². The average molecular weight is 376 g/mol. The fourth-order valence-corrected chi connectivity index (χ4v) is 3.48. The Bertz CT molecular complexity index is 1010. The number of nitrogens with zero attached hydrogens (tertiary/aromatic N) is 3. The Balaban J connectivity index is 2.18. The lowest BCUT2D eigenvalue weighted by Crippen LogP contribution is -2.33. The Morgan fingerprint density at radius 2 is 1.82 bits per heavy atom. The lowest BCUT2D eigenvalue weighted by atomic mass is 9.98. The zero-order valence-electron chi connectivity index (χ0n) is 16.7. The van der Waals surface area contributed by atoms with Crippen LogP contribution in [0.15, 0.2) is 29.1 Å². The van der Waals surface area contributed by atoms with Crippen molar-refractivity contribution >= 4 is 5.91 Å². The van der Waals surface area contributed by atoms with E-state index in [1.807, 2.05) is 32.0 Å². The van der Waals surface area contributed by atoms with Gasteiger partial charge < -0.3 is 9.88 Å². The van der Waals surface area contributed by atoms with Crippen molar-refractivity contribution in [3.63, 3.8) is 0 Å². The van der Waals surface area contributed by atoms with Gasteiger partial charge in [0.25, 0.3) is 5.56 Å². The molecule has 0 fully saturated rings. The molecule has 1 aromatic carbocycles. The van der Waals surface area contributed by atoms with Crippen molar-refractivity contribution in [3.05, 3.63) is 68.1 Å². The molecule has 144 valence electrons. The summed E-state index contributed by atoms with van der Waals surface area (Å²) in [6.07, 6.45) is 0.742. The first-order valence-electron chi connectivity index (χ1n) is 9.26. The zero-order valence-corrected chi connectivity index (χ0v) is 16.7. The van der Waals surface area contributed by atoms with Crippen molar-refractivity contribution in [1.82, 2.24) is 9.88 Å². The third-order valence-corrected chi connectivity index (χ3v) is 5.16. The first-order valence-corrected chi connectivity index (χ1v) is 9.26. The fraction of sp³-hybridized carbons (Fsp3) is 0.364. The molecule has 0 radical (unpaired) electrons. The van der Waals surface area contributed by atoms with Crippen molar-refractivity contribution in [1.29, 1.82) is 10.5 Å². The maximum Gasteiger partial charge on any atom is 0.266 e. The Labute approximate surface area is 165 Å². The summed E-state index contributed by atoms with van der Waals surface area (Å²) in [6, 6.07) is 11.2. The highest BCUT2D eigenvalue weighted by Gasteiger charge is 2.21. The van der Waals surface area contributed by atoms with E-state index >= 15 is 0 Å². The molecule has 0 aliphatic heterocycles. The topological polar surface area (TPSA) is 101 Å². The van der Waals surface area contributed by atoms with Gasteiger partial charge >= 0.3 is 0 Å². The second-order valence-electron chi connectivity index (χ2n) is 6.76. The van der Waals surface area contributed by atoms with Crippen LogP contribution in [0, 0.1) is 36.5 Å². The van der Waals surface area contributed by atoms with Crippen LogP contribution >= 0.6 is 0 Å². The molecule has 0 aliphatic rings. The lowest BCUT2D eigenvalue weighted by Gasteiger charge is -2.29. The van der Waals surface area contributed by atoms with E-state index in [0.29, 0.717) is 29.8 Å². The third-order valence-electron chi connectivity index (χ3n) is 5.16. The molecular weight excluding hydrogens is 352 g/mol. The number of hydrogen-bond donors (Lipinski definition) is 1. The molecule has 28 heavy (non-hydrogen) atoms. The highest BCUT2D eigenvalue weighted by Crippen LogP contribution is 2.22. The second-order valence-corrected chi connectivity index (χ2v) is 6.76. The Morgan fingerprint density at radius 3 is 2.36 bits per heavy atom. The molecule has 0 aliphatic carbocycles. The highest BCUT2D eigenvalue weighted by molar-refractivity contribution is 5.77. The number of carbonyl (C=O) groups is 1. The molecule has 2 rings (SSSR count). The maximum atomic E-state index is 12.9. The molecular formula is C22H24N4O2. The van der Waals surface area contributed by atoms with Crippen LogP contribution in [0.1, 0.15) is 59.8 Å². The minimum absolute atomic E-state index is 0.00265. The molecule has 0 spiro atoms. The van der Waals surface area contributed by atoms with Gasteiger partial charge in [-0.3, -0.25) is 9.59 Å². The summed E-state index contributed by atoms with van der Waals surface area (Å²) in [4.78, 5) is 29.2. The van der Waals surface area contributed by atoms with E-state index in [1.54, 1.807) is 30.9 Å². The van der Waals surface area contributed by atoms with Gasteiger partial charge in [-0.2, -0.15) is 10.5 Å². The summed E-state index contributed by atoms with van der Waals surface area (Å²) in [6.45, 7) is 7.99. The van der Waals surface area contributed by atoms with E-state index in [1.165, 1.54) is 0 Å². The van der Waals surface area contributed by atoms with Crippen LogP contribution in [0.3, 0.4) is 0 Å². The maximum absolute atomic E-state index is 12.9. The van der Waals surface area contributed by atoms with E-state index in [-0.39, 0.29) is 23.9 Å². The van der Waals surface area contributed by atoms with Gasteiger partial charge in [-0.1, -0.05) is 12.1 Å². The Hall–Kier alpha value is -3.38. The van der Waals surface area contributed by atoms with Gasteiger partial charge in [0.1, 0.15) is 11.6 Å². The van der Waals surface area contributed by atoms with Crippen LogP contribution in [0.2, 0.25) is 0 Å². The first-order chi connectivity index (χ1) is 13.3. The molecule has 6 heteroatoms. The third kappa shape index (κ3) is 4.29. The van der Waals surface area contributed by atoms with E-state index in [4.69, 9.17) is 5.26 Å². The highest BCUT2D eigenvalue weighted by atomic mass is 16.2. The number of nitriles is 2. The molecule has 1 heterocycles. The normalized spacial score (nSPS) is 11.4. The van der Waals surface area contributed by atoms with E-state index in [9.17, 15) is 14.9 Å². The molecule has 0 bridgehead atoms. The van der Waals surface area contributed by atoms with Gasteiger partial charge in [0.05, 0.1) is 17.7 Å². The summed E-state index contributed by atoms with van der Waals surface area (Å²) in [7, 11) is 0. The molecule has 1 atom stereocenters. The number of aryl methyl sites for hydroxylation is 1. The van der Waals surface area contributed by atoms with Crippen molar-refractivity contribution < 1.29 is 4.79 Å². The van der Waals surface area contributed by atoms with Gasteiger partial charge in [-0.15, -0.1) is 0 Å².